The predicted octanol–water partition coefficient (Wildman–Crippen LogP) is 5.98. The summed E-state index contributed by atoms with van der Waals surface area (Å²) in [7, 11) is 0. The molecule has 2 bridgehead atoms. The molecule has 112 valence electrons. The highest BCUT2D eigenvalue weighted by molar-refractivity contribution is 5.25. The summed E-state index contributed by atoms with van der Waals surface area (Å²) in [5.41, 5.74) is 2.34. The molecule has 0 aromatic heterocycles. The largest absolute Gasteiger partial charge is 0.0820 e. The van der Waals surface area contributed by atoms with Crippen LogP contribution < -0.4 is 0 Å². The normalized spacial score (nSPS) is 56.2. The molecular formula is C20H32. The van der Waals surface area contributed by atoms with Gasteiger partial charge in [-0.3, -0.25) is 0 Å². The third-order valence-electron chi connectivity index (χ3n) is 8.22. The molecule has 3 saturated carbocycles. The second-order valence-corrected chi connectivity index (χ2v) is 9.93. The average Bonchev–Trinajstić information content (AvgIpc) is 2.58. The van der Waals surface area contributed by atoms with Crippen molar-refractivity contribution >= 4 is 0 Å². The van der Waals surface area contributed by atoms with E-state index in [0.29, 0.717) is 21.7 Å². The molecule has 0 heterocycles. The van der Waals surface area contributed by atoms with Gasteiger partial charge in [-0.05, 0) is 78.4 Å². The van der Waals surface area contributed by atoms with E-state index in [2.05, 4.69) is 39.8 Å². The lowest BCUT2D eigenvalue weighted by Crippen LogP contribution is -2.56. The Bertz CT molecular complexity index is 459. The molecule has 5 atom stereocenters. The van der Waals surface area contributed by atoms with Crippen LogP contribution in [0.4, 0.5) is 0 Å². The minimum absolute atomic E-state index is 0.546. The van der Waals surface area contributed by atoms with Gasteiger partial charge in [-0.15, -0.1) is 0 Å². The van der Waals surface area contributed by atoms with Crippen molar-refractivity contribution in [3.8, 4) is 0 Å². The number of hydrogen-bond donors (Lipinski definition) is 0. The van der Waals surface area contributed by atoms with Gasteiger partial charge in [-0.2, -0.15) is 0 Å². The minimum Gasteiger partial charge on any atom is -0.0820 e. The monoisotopic (exact) mass is 272 g/mol. The maximum absolute atomic E-state index is 2.69. The molecule has 0 heteroatoms. The Morgan fingerprint density at radius 3 is 2.35 bits per heavy atom. The van der Waals surface area contributed by atoms with Gasteiger partial charge in [0.15, 0.2) is 0 Å². The van der Waals surface area contributed by atoms with Crippen LogP contribution in [-0.2, 0) is 0 Å². The number of hydrogen-bond acceptors (Lipinski definition) is 0. The zero-order valence-electron chi connectivity index (χ0n) is 14.0. The van der Waals surface area contributed by atoms with Crippen molar-refractivity contribution in [3.05, 3.63) is 12.2 Å². The molecule has 1 spiro atoms. The Morgan fingerprint density at radius 2 is 1.55 bits per heavy atom. The zero-order valence-corrected chi connectivity index (χ0v) is 14.0. The number of rotatable bonds is 0. The smallest absolute Gasteiger partial charge is 0.00762 e. The first-order valence-corrected chi connectivity index (χ1v) is 9.00. The fourth-order valence-corrected chi connectivity index (χ4v) is 7.46. The summed E-state index contributed by atoms with van der Waals surface area (Å²) in [4.78, 5) is 0. The molecule has 0 aromatic carbocycles. The van der Waals surface area contributed by atoms with Crippen LogP contribution in [0.25, 0.3) is 0 Å². The maximum Gasteiger partial charge on any atom is -0.00762 e. The van der Waals surface area contributed by atoms with Crippen LogP contribution in [0.2, 0.25) is 0 Å². The topological polar surface area (TPSA) is 0 Å². The van der Waals surface area contributed by atoms with Crippen molar-refractivity contribution in [2.24, 2.45) is 33.5 Å². The van der Waals surface area contributed by atoms with Gasteiger partial charge in [-0.1, -0.05) is 46.3 Å². The van der Waals surface area contributed by atoms with Gasteiger partial charge < -0.3 is 0 Å². The van der Waals surface area contributed by atoms with Crippen LogP contribution in [0.15, 0.2) is 12.2 Å². The van der Waals surface area contributed by atoms with Gasteiger partial charge in [0.1, 0.15) is 0 Å². The third kappa shape index (κ3) is 1.54. The van der Waals surface area contributed by atoms with Crippen LogP contribution in [0.1, 0.15) is 79.1 Å². The van der Waals surface area contributed by atoms with Crippen LogP contribution >= 0.6 is 0 Å². The summed E-state index contributed by atoms with van der Waals surface area (Å²) in [6.07, 6.45) is 17.1. The highest BCUT2D eigenvalue weighted by Gasteiger charge is 2.62. The van der Waals surface area contributed by atoms with Crippen LogP contribution in [-0.4, -0.2) is 0 Å². The number of allylic oxidation sites excluding steroid dienone is 2. The quantitative estimate of drug-likeness (QED) is 0.476. The molecule has 0 amide bonds. The summed E-state index contributed by atoms with van der Waals surface area (Å²) < 4.78 is 0. The van der Waals surface area contributed by atoms with Crippen molar-refractivity contribution in [1.29, 1.82) is 0 Å². The van der Waals surface area contributed by atoms with E-state index >= 15 is 0 Å². The number of fused-ring (bicyclic) bond motifs is 3. The summed E-state index contributed by atoms with van der Waals surface area (Å²) in [6, 6.07) is 0. The van der Waals surface area contributed by atoms with Crippen LogP contribution in [0.5, 0.6) is 0 Å². The molecular weight excluding hydrogens is 240 g/mol. The van der Waals surface area contributed by atoms with Crippen molar-refractivity contribution in [2.75, 3.05) is 0 Å². The van der Waals surface area contributed by atoms with Crippen molar-refractivity contribution in [3.63, 3.8) is 0 Å². The van der Waals surface area contributed by atoms with Gasteiger partial charge in [0.2, 0.25) is 0 Å². The van der Waals surface area contributed by atoms with Crippen molar-refractivity contribution < 1.29 is 0 Å². The summed E-state index contributed by atoms with van der Waals surface area (Å²) in [6.45, 7) is 10.3. The van der Waals surface area contributed by atoms with Crippen LogP contribution in [0.3, 0.4) is 0 Å². The lowest BCUT2D eigenvalue weighted by Gasteiger charge is -2.64. The lowest BCUT2D eigenvalue weighted by atomic mass is 9.40. The van der Waals surface area contributed by atoms with Gasteiger partial charge in [0.05, 0.1) is 0 Å². The molecule has 0 saturated heterocycles. The highest BCUT2D eigenvalue weighted by atomic mass is 14.7. The molecule has 20 heavy (non-hydrogen) atoms. The first-order valence-electron chi connectivity index (χ1n) is 9.00. The third-order valence-corrected chi connectivity index (χ3v) is 8.22. The van der Waals surface area contributed by atoms with Crippen molar-refractivity contribution in [1.82, 2.24) is 0 Å². The van der Waals surface area contributed by atoms with Gasteiger partial charge >= 0.3 is 0 Å². The Balaban J connectivity index is 1.75. The van der Waals surface area contributed by atoms with E-state index < -0.39 is 0 Å². The first-order chi connectivity index (χ1) is 9.30. The second kappa shape index (κ2) is 3.73. The Morgan fingerprint density at radius 1 is 0.800 bits per heavy atom. The SMILES string of the molecule is CC12C=CC3(CCC4C(C)(C)CCCC4(C)C3CC1)C2. The molecule has 0 nitrogen and oxygen atoms in total. The summed E-state index contributed by atoms with van der Waals surface area (Å²) in [5.74, 6) is 1.94. The van der Waals surface area contributed by atoms with Crippen LogP contribution in [0, 0.1) is 33.5 Å². The first kappa shape index (κ1) is 13.4. The van der Waals surface area contributed by atoms with E-state index in [9.17, 15) is 0 Å². The predicted molar refractivity (Wildman–Crippen MR) is 85.5 cm³/mol. The van der Waals surface area contributed by atoms with E-state index in [0.717, 1.165) is 11.8 Å². The van der Waals surface area contributed by atoms with Gasteiger partial charge in [0.25, 0.3) is 0 Å². The highest BCUT2D eigenvalue weighted by Crippen LogP contribution is 2.71. The summed E-state index contributed by atoms with van der Waals surface area (Å²) >= 11 is 0. The van der Waals surface area contributed by atoms with Gasteiger partial charge in [-0.25, -0.2) is 0 Å². The van der Waals surface area contributed by atoms with Gasteiger partial charge in [0, 0.05) is 0 Å². The lowest BCUT2D eigenvalue weighted by molar-refractivity contribution is -0.139. The maximum atomic E-state index is 2.69. The summed E-state index contributed by atoms with van der Waals surface area (Å²) in [5, 5.41) is 0. The van der Waals surface area contributed by atoms with E-state index in [1.165, 1.54) is 51.4 Å². The Kier molecular flexibility index (Phi) is 2.50. The molecule has 0 aliphatic heterocycles. The second-order valence-electron chi connectivity index (χ2n) is 9.93. The average molecular weight is 272 g/mol. The molecule has 5 unspecified atom stereocenters. The molecule has 4 aliphatic rings. The van der Waals surface area contributed by atoms with E-state index in [1.54, 1.807) is 0 Å². The molecule has 0 radical (unpaired) electrons. The zero-order chi connectivity index (χ0) is 14.2. The Labute approximate surface area is 125 Å². The minimum atomic E-state index is 0.546. The Hall–Kier alpha value is -0.260. The van der Waals surface area contributed by atoms with Crippen molar-refractivity contribution in [2.45, 2.75) is 79.1 Å². The standard InChI is InChI=1S/C20H32/c1-17(2)8-5-9-19(4)15(17)7-11-20-13-12-18(3,14-20)10-6-16(19)20/h12-13,15-16H,5-11,14H2,1-4H3. The van der Waals surface area contributed by atoms with E-state index in [1.807, 2.05) is 0 Å². The fourth-order valence-electron chi connectivity index (χ4n) is 7.46. The molecule has 0 N–H and O–H groups in total. The molecule has 3 fully saturated rings. The molecule has 0 aromatic rings. The van der Waals surface area contributed by atoms with E-state index in [4.69, 9.17) is 0 Å². The van der Waals surface area contributed by atoms with E-state index in [-0.39, 0.29) is 0 Å². The molecule has 4 rings (SSSR count). The fraction of sp³-hybridized carbons (Fsp3) is 0.900. The molecule has 4 aliphatic carbocycles.